The second-order valence-electron chi connectivity index (χ2n) is 6.34. The molecular weight excluding hydrogens is 392 g/mol. The highest BCUT2D eigenvalue weighted by Crippen LogP contribution is 2.23. The summed E-state index contributed by atoms with van der Waals surface area (Å²) < 4.78 is 5.36. The number of amides is 2. The molecule has 0 bridgehead atoms. The normalized spacial score (nSPS) is 11.8. The number of urea groups is 1. The van der Waals surface area contributed by atoms with Gasteiger partial charge in [0.2, 0.25) is 0 Å². The van der Waals surface area contributed by atoms with Gasteiger partial charge in [-0.25, -0.2) is 14.4 Å². The lowest BCUT2D eigenvalue weighted by molar-refractivity contribution is -0.139. The molecule has 3 rings (SSSR count). The zero-order chi connectivity index (χ0) is 20.8. The van der Waals surface area contributed by atoms with Gasteiger partial charge in [0, 0.05) is 11.1 Å². The fourth-order valence-corrected chi connectivity index (χ4v) is 3.32. The Kier molecular flexibility index (Phi) is 6.56. The Morgan fingerprint density at radius 1 is 1.14 bits per heavy atom. The van der Waals surface area contributed by atoms with E-state index in [1.165, 1.54) is 11.8 Å². The van der Waals surface area contributed by atoms with E-state index < -0.39 is 23.7 Å². The van der Waals surface area contributed by atoms with Crippen LogP contribution < -0.4 is 16.3 Å². The van der Waals surface area contributed by atoms with Crippen molar-refractivity contribution in [2.45, 2.75) is 12.5 Å². The Hall–Kier alpha value is -3.26. The van der Waals surface area contributed by atoms with E-state index in [0.717, 1.165) is 5.39 Å². The first-order valence-electron chi connectivity index (χ1n) is 8.90. The lowest BCUT2D eigenvalue weighted by atomic mass is 10.1. The number of para-hydroxylation sites is 1. The SMILES string of the molecule is CSCC[C@H](NC(=O)Nc1cccc(-c2cc3ccccc3oc2=O)c1)C(=O)O. The van der Waals surface area contributed by atoms with E-state index in [9.17, 15) is 19.5 Å². The zero-order valence-electron chi connectivity index (χ0n) is 15.7. The number of aliphatic carboxylic acids is 1. The summed E-state index contributed by atoms with van der Waals surface area (Å²) in [5, 5.41) is 15.1. The first kappa shape index (κ1) is 20.5. The van der Waals surface area contributed by atoms with Gasteiger partial charge in [0.1, 0.15) is 11.6 Å². The molecule has 2 aromatic carbocycles. The second kappa shape index (κ2) is 9.29. The van der Waals surface area contributed by atoms with Crippen LogP contribution >= 0.6 is 11.8 Å². The van der Waals surface area contributed by atoms with Crippen LogP contribution in [0.2, 0.25) is 0 Å². The van der Waals surface area contributed by atoms with Crippen LogP contribution in [0.5, 0.6) is 0 Å². The highest BCUT2D eigenvalue weighted by molar-refractivity contribution is 7.98. The van der Waals surface area contributed by atoms with Crippen molar-refractivity contribution in [3.8, 4) is 11.1 Å². The van der Waals surface area contributed by atoms with Crippen molar-refractivity contribution >= 4 is 40.4 Å². The summed E-state index contributed by atoms with van der Waals surface area (Å²) in [6.07, 6.45) is 2.19. The maximum Gasteiger partial charge on any atom is 0.344 e. The lowest BCUT2D eigenvalue weighted by Crippen LogP contribution is -2.43. The number of hydrogen-bond donors (Lipinski definition) is 3. The summed E-state index contributed by atoms with van der Waals surface area (Å²) >= 11 is 1.51. The average Bonchev–Trinajstić information content (AvgIpc) is 2.70. The molecule has 1 atom stereocenters. The Morgan fingerprint density at radius 3 is 2.69 bits per heavy atom. The number of carbonyl (C=O) groups is 2. The fraction of sp³-hybridized carbons (Fsp3) is 0.190. The molecule has 150 valence electrons. The van der Waals surface area contributed by atoms with Crippen molar-refractivity contribution in [3.05, 3.63) is 65.0 Å². The first-order chi connectivity index (χ1) is 14.0. The molecule has 0 radical (unpaired) electrons. The topological polar surface area (TPSA) is 109 Å². The third-order valence-corrected chi connectivity index (χ3v) is 4.93. The Balaban J connectivity index is 1.79. The summed E-state index contributed by atoms with van der Waals surface area (Å²) in [5.74, 6) is -0.471. The van der Waals surface area contributed by atoms with Gasteiger partial charge in [0.15, 0.2) is 0 Å². The van der Waals surface area contributed by atoms with Crippen LogP contribution in [0.1, 0.15) is 6.42 Å². The van der Waals surface area contributed by atoms with Crippen LogP contribution in [0.4, 0.5) is 10.5 Å². The third-order valence-electron chi connectivity index (χ3n) is 4.29. The van der Waals surface area contributed by atoms with Crippen molar-refractivity contribution in [1.82, 2.24) is 5.32 Å². The summed E-state index contributed by atoms with van der Waals surface area (Å²) in [6, 6.07) is 14.1. The third kappa shape index (κ3) is 5.17. The maximum absolute atomic E-state index is 12.4. The molecule has 0 aliphatic carbocycles. The predicted molar refractivity (Wildman–Crippen MR) is 114 cm³/mol. The van der Waals surface area contributed by atoms with Gasteiger partial charge in [-0.1, -0.05) is 30.3 Å². The number of thioether (sulfide) groups is 1. The van der Waals surface area contributed by atoms with E-state index in [2.05, 4.69) is 10.6 Å². The van der Waals surface area contributed by atoms with Crippen molar-refractivity contribution in [1.29, 1.82) is 0 Å². The number of anilines is 1. The maximum atomic E-state index is 12.4. The van der Waals surface area contributed by atoms with E-state index in [1.807, 2.05) is 18.4 Å². The fourth-order valence-electron chi connectivity index (χ4n) is 2.85. The molecule has 0 aliphatic heterocycles. The standard InChI is InChI=1S/C21H20N2O5S/c1-29-10-9-17(19(24)25)23-21(27)22-15-7-4-6-13(11-15)16-12-14-5-2-3-8-18(14)28-20(16)26/h2-8,11-12,17H,9-10H2,1H3,(H,24,25)(H2,22,23,27)/t17-/m0/s1. The van der Waals surface area contributed by atoms with Crippen LogP contribution in [-0.2, 0) is 4.79 Å². The molecule has 3 N–H and O–H groups in total. The molecule has 0 spiro atoms. The molecule has 2 amide bonds. The quantitative estimate of drug-likeness (QED) is 0.510. The smallest absolute Gasteiger partial charge is 0.344 e. The van der Waals surface area contributed by atoms with Gasteiger partial charge in [-0.2, -0.15) is 11.8 Å². The predicted octanol–water partition coefficient (Wildman–Crippen LogP) is 3.79. The Bertz CT molecular complexity index is 1100. The van der Waals surface area contributed by atoms with Crippen LogP contribution in [-0.4, -0.2) is 35.2 Å². The number of nitrogens with one attached hydrogen (secondary N) is 2. The summed E-state index contributed by atoms with van der Waals surface area (Å²) in [4.78, 5) is 35.8. The van der Waals surface area contributed by atoms with Crippen LogP contribution in [0.15, 0.2) is 63.8 Å². The minimum absolute atomic E-state index is 0.322. The minimum Gasteiger partial charge on any atom is -0.480 e. The van der Waals surface area contributed by atoms with E-state index in [-0.39, 0.29) is 0 Å². The van der Waals surface area contributed by atoms with Crippen LogP contribution in [0.25, 0.3) is 22.1 Å². The van der Waals surface area contributed by atoms with Crippen LogP contribution in [0, 0.1) is 0 Å². The monoisotopic (exact) mass is 412 g/mol. The Labute approximate surface area is 171 Å². The highest BCUT2D eigenvalue weighted by Gasteiger charge is 2.19. The molecule has 0 unspecified atom stereocenters. The van der Waals surface area contributed by atoms with E-state index in [4.69, 9.17) is 4.42 Å². The average molecular weight is 412 g/mol. The van der Waals surface area contributed by atoms with Crippen LogP contribution in [0.3, 0.4) is 0 Å². The summed E-state index contributed by atoms with van der Waals surface area (Å²) in [6.45, 7) is 0. The number of carboxylic acid groups (broad SMARTS) is 1. The van der Waals surface area contributed by atoms with Crippen molar-refractivity contribution < 1.29 is 19.1 Å². The van der Waals surface area contributed by atoms with Gasteiger partial charge in [-0.15, -0.1) is 0 Å². The molecular formula is C21H20N2O5S. The molecule has 29 heavy (non-hydrogen) atoms. The van der Waals surface area contributed by atoms with E-state index in [0.29, 0.717) is 34.6 Å². The van der Waals surface area contributed by atoms with Gasteiger partial charge in [-0.3, -0.25) is 0 Å². The van der Waals surface area contributed by atoms with E-state index >= 15 is 0 Å². The van der Waals surface area contributed by atoms with Gasteiger partial charge in [0.05, 0.1) is 5.56 Å². The molecule has 8 heteroatoms. The number of fused-ring (bicyclic) bond motifs is 1. The number of carboxylic acids is 1. The molecule has 0 saturated heterocycles. The summed E-state index contributed by atoms with van der Waals surface area (Å²) in [5.41, 5.74) is 1.41. The second-order valence-corrected chi connectivity index (χ2v) is 7.32. The lowest BCUT2D eigenvalue weighted by Gasteiger charge is -2.15. The molecule has 0 aliphatic rings. The summed E-state index contributed by atoms with van der Waals surface area (Å²) in [7, 11) is 0. The minimum atomic E-state index is -1.09. The van der Waals surface area contributed by atoms with Gasteiger partial charge < -0.3 is 20.2 Å². The Morgan fingerprint density at radius 2 is 1.93 bits per heavy atom. The molecule has 0 fully saturated rings. The molecule has 7 nitrogen and oxygen atoms in total. The number of benzene rings is 2. The number of carbonyl (C=O) groups excluding carboxylic acids is 1. The van der Waals surface area contributed by atoms with Gasteiger partial charge >= 0.3 is 17.6 Å². The molecule has 1 heterocycles. The van der Waals surface area contributed by atoms with E-state index in [1.54, 1.807) is 42.5 Å². The number of rotatable bonds is 7. The molecule has 1 aromatic heterocycles. The molecule has 0 saturated carbocycles. The zero-order valence-corrected chi connectivity index (χ0v) is 16.5. The molecule has 3 aromatic rings. The largest absolute Gasteiger partial charge is 0.480 e. The first-order valence-corrected chi connectivity index (χ1v) is 10.3. The van der Waals surface area contributed by atoms with Gasteiger partial charge in [-0.05, 0) is 48.3 Å². The van der Waals surface area contributed by atoms with Gasteiger partial charge in [0.25, 0.3) is 0 Å². The van der Waals surface area contributed by atoms with Crippen molar-refractivity contribution in [2.75, 3.05) is 17.3 Å². The number of hydrogen-bond acceptors (Lipinski definition) is 5. The van der Waals surface area contributed by atoms with Crippen molar-refractivity contribution in [2.24, 2.45) is 0 Å². The van der Waals surface area contributed by atoms with Crippen molar-refractivity contribution in [3.63, 3.8) is 0 Å². The highest BCUT2D eigenvalue weighted by atomic mass is 32.2.